The number of aromatic nitrogens is 2. The lowest BCUT2D eigenvalue weighted by Gasteiger charge is -2.38. The van der Waals surface area contributed by atoms with Gasteiger partial charge in [0.2, 0.25) is 5.13 Å². The van der Waals surface area contributed by atoms with Crippen LogP contribution in [-0.2, 0) is 4.74 Å². The molecule has 1 unspecified atom stereocenters. The Kier molecular flexibility index (Phi) is 2.99. The van der Waals surface area contributed by atoms with Crippen LogP contribution in [0.3, 0.4) is 0 Å². The highest BCUT2D eigenvalue weighted by molar-refractivity contribution is 7.15. The highest BCUT2D eigenvalue weighted by atomic mass is 32.1. The van der Waals surface area contributed by atoms with Crippen molar-refractivity contribution in [2.24, 2.45) is 0 Å². The largest absolute Gasteiger partial charge is 0.375 e. The molecule has 1 saturated heterocycles. The average molecular weight is 279 g/mol. The third kappa shape index (κ3) is 2.50. The highest BCUT2D eigenvalue weighted by Gasteiger charge is 2.40. The lowest BCUT2D eigenvalue weighted by Crippen LogP contribution is -2.42. The fraction of sp³-hybridized carbons (Fsp3) is 0.857. The van der Waals surface area contributed by atoms with Crippen molar-refractivity contribution >= 4 is 16.5 Å². The molecule has 4 rings (SSSR count). The fourth-order valence-corrected chi connectivity index (χ4v) is 4.47. The van der Waals surface area contributed by atoms with Gasteiger partial charge in [-0.25, -0.2) is 0 Å². The maximum absolute atomic E-state index is 6.08. The summed E-state index contributed by atoms with van der Waals surface area (Å²) < 4.78 is 6.08. The summed E-state index contributed by atoms with van der Waals surface area (Å²) >= 11 is 1.75. The second-order valence-electron chi connectivity index (χ2n) is 6.29. The molecule has 2 aliphatic carbocycles. The molecule has 2 saturated carbocycles. The number of nitrogens with zero attached hydrogens (tertiary/aromatic N) is 2. The molecule has 0 amide bonds. The van der Waals surface area contributed by atoms with E-state index < -0.39 is 0 Å². The van der Waals surface area contributed by atoms with E-state index in [1.165, 1.54) is 43.5 Å². The van der Waals surface area contributed by atoms with Gasteiger partial charge in [-0.2, -0.15) is 0 Å². The zero-order valence-corrected chi connectivity index (χ0v) is 12.0. The van der Waals surface area contributed by atoms with Crippen LogP contribution >= 0.6 is 11.3 Å². The molecule has 19 heavy (non-hydrogen) atoms. The first-order chi connectivity index (χ1) is 9.33. The minimum atomic E-state index is 0.180. The molecule has 1 N–H and O–H groups in total. The molecule has 104 valence electrons. The number of nitrogens with one attached hydrogen (secondary N) is 1. The first-order valence-electron chi connectivity index (χ1n) is 7.57. The van der Waals surface area contributed by atoms with Crippen LogP contribution < -0.4 is 5.32 Å². The molecule has 4 nitrogen and oxygen atoms in total. The number of hydrogen-bond acceptors (Lipinski definition) is 5. The molecule has 5 heteroatoms. The van der Waals surface area contributed by atoms with E-state index in [9.17, 15) is 0 Å². The molecule has 3 aliphatic rings. The van der Waals surface area contributed by atoms with E-state index in [1.54, 1.807) is 11.3 Å². The van der Waals surface area contributed by atoms with E-state index >= 15 is 0 Å². The Balaban J connectivity index is 1.40. The SMILES string of the molecule is C1CCC2(C1)CC(Nc1nnc(C3CC3)s1)CCO2. The monoisotopic (exact) mass is 279 g/mol. The Hall–Kier alpha value is -0.680. The summed E-state index contributed by atoms with van der Waals surface area (Å²) in [7, 11) is 0. The lowest BCUT2D eigenvalue weighted by molar-refractivity contribution is -0.0767. The van der Waals surface area contributed by atoms with Gasteiger partial charge in [0.25, 0.3) is 0 Å². The smallest absolute Gasteiger partial charge is 0.205 e. The summed E-state index contributed by atoms with van der Waals surface area (Å²) in [5.41, 5.74) is 0.180. The second kappa shape index (κ2) is 4.70. The minimum Gasteiger partial charge on any atom is -0.375 e. The van der Waals surface area contributed by atoms with Crippen LogP contribution in [0.5, 0.6) is 0 Å². The van der Waals surface area contributed by atoms with Crippen LogP contribution in [-0.4, -0.2) is 28.4 Å². The van der Waals surface area contributed by atoms with Gasteiger partial charge < -0.3 is 10.1 Å². The van der Waals surface area contributed by atoms with Crippen LogP contribution in [0, 0.1) is 0 Å². The summed E-state index contributed by atoms with van der Waals surface area (Å²) in [6.45, 7) is 0.895. The van der Waals surface area contributed by atoms with Crippen LogP contribution in [0.1, 0.15) is 62.3 Å². The molecule has 0 radical (unpaired) electrons. The number of hydrogen-bond donors (Lipinski definition) is 1. The van der Waals surface area contributed by atoms with E-state index in [4.69, 9.17) is 4.74 Å². The molecule has 2 heterocycles. The zero-order chi connectivity index (χ0) is 12.7. The molecule has 1 atom stereocenters. The van der Waals surface area contributed by atoms with Gasteiger partial charge in [0.1, 0.15) is 5.01 Å². The van der Waals surface area contributed by atoms with E-state index in [0.29, 0.717) is 12.0 Å². The molecule has 1 aromatic heterocycles. The lowest BCUT2D eigenvalue weighted by atomic mass is 9.89. The van der Waals surface area contributed by atoms with E-state index in [2.05, 4.69) is 15.5 Å². The molecule has 0 aromatic carbocycles. The Morgan fingerprint density at radius 2 is 2.00 bits per heavy atom. The van der Waals surface area contributed by atoms with Gasteiger partial charge in [-0.15, -0.1) is 10.2 Å². The van der Waals surface area contributed by atoms with Crippen molar-refractivity contribution in [1.29, 1.82) is 0 Å². The van der Waals surface area contributed by atoms with Crippen molar-refractivity contribution in [3.63, 3.8) is 0 Å². The Morgan fingerprint density at radius 3 is 2.79 bits per heavy atom. The fourth-order valence-electron chi connectivity index (χ4n) is 3.48. The third-order valence-corrected chi connectivity index (χ3v) is 5.72. The predicted molar refractivity (Wildman–Crippen MR) is 75.7 cm³/mol. The topological polar surface area (TPSA) is 47.0 Å². The maximum atomic E-state index is 6.08. The van der Waals surface area contributed by atoms with Crippen molar-refractivity contribution in [1.82, 2.24) is 10.2 Å². The Morgan fingerprint density at radius 1 is 1.16 bits per heavy atom. The van der Waals surface area contributed by atoms with Crippen LogP contribution in [0.25, 0.3) is 0 Å². The maximum Gasteiger partial charge on any atom is 0.205 e. The average Bonchev–Trinajstić information content (AvgIpc) is 3.01. The third-order valence-electron chi connectivity index (χ3n) is 4.70. The molecule has 0 bridgehead atoms. The quantitative estimate of drug-likeness (QED) is 0.922. The first-order valence-corrected chi connectivity index (χ1v) is 8.39. The van der Waals surface area contributed by atoms with Crippen molar-refractivity contribution in [2.75, 3.05) is 11.9 Å². The summed E-state index contributed by atoms with van der Waals surface area (Å²) in [6.07, 6.45) is 9.99. The summed E-state index contributed by atoms with van der Waals surface area (Å²) in [5.74, 6) is 0.712. The van der Waals surface area contributed by atoms with Gasteiger partial charge in [-0.3, -0.25) is 0 Å². The van der Waals surface area contributed by atoms with Crippen LogP contribution in [0.15, 0.2) is 0 Å². The van der Waals surface area contributed by atoms with Gasteiger partial charge in [-0.05, 0) is 38.5 Å². The van der Waals surface area contributed by atoms with Gasteiger partial charge in [-0.1, -0.05) is 24.2 Å². The first kappa shape index (κ1) is 12.1. The van der Waals surface area contributed by atoms with E-state index in [-0.39, 0.29) is 5.60 Å². The molecule has 1 spiro atoms. The summed E-state index contributed by atoms with van der Waals surface area (Å²) in [5, 5.41) is 14.5. The predicted octanol–water partition coefficient (Wildman–Crippen LogP) is 3.32. The van der Waals surface area contributed by atoms with Gasteiger partial charge >= 0.3 is 0 Å². The van der Waals surface area contributed by atoms with Gasteiger partial charge in [0, 0.05) is 18.6 Å². The summed E-state index contributed by atoms with van der Waals surface area (Å²) in [6, 6.07) is 0.520. The highest BCUT2D eigenvalue weighted by Crippen LogP contribution is 2.43. The van der Waals surface area contributed by atoms with E-state index in [1.807, 2.05) is 0 Å². The van der Waals surface area contributed by atoms with Crippen molar-refractivity contribution in [3.05, 3.63) is 5.01 Å². The molecule has 1 aliphatic heterocycles. The van der Waals surface area contributed by atoms with Crippen LogP contribution in [0.4, 0.5) is 5.13 Å². The molecule has 1 aromatic rings. The van der Waals surface area contributed by atoms with E-state index in [0.717, 1.165) is 24.6 Å². The van der Waals surface area contributed by atoms with Gasteiger partial charge in [0.15, 0.2) is 0 Å². The minimum absolute atomic E-state index is 0.180. The summed E-state index contributed by atoms with van der Waals surface area (Å²) in [4.78, 5) is 0. The standard InChI is InChI=1S/C14H21N3OS/c1-2-7-14(6-1)9-11(5-8-18-14)15-13-17-16-12(19-13)10-3-4-10/h10-11H,1-9H2,(H,15,17). The molecular formula is C14H21N3OS. The molecule has 3 fully saturated rings. The van der Waals surface area contributed by atoms with Crippen molar-refractivity contribution in [3.8, 4) is 0 Å². The Labute approximate surface area is 118 Å². The van der Waals surface area contributed by atoms with Crippen molar-refractivity contribution < 1.29 is 4.74 Å². The molecular weight excluding hydrogens is 258 g/mol. The zero-order valence-electron chi connectivity index (χ0n) is 11.2. The number of anilines is 1. The Bertz CT molecular complexity index is 451. The normalized spacial score (nSPS) is 29.8. The second-order valence-corrected chi connectivity index (χ2v) is 7.30. The number of ether oxygens (including phenoxy) is 1. The van der Waals surface area contributed by atoms with Gasteiger partial charge in [0.05, 0.1) is 5.60 Å². The van der Waals surface area contributed by atoms with Crippen molar-refractivity contribution in [2.45, 2.75) is 68.9 Å². The van der Waals surface area contributed by atoms with Crippen LogP contribution in [0.2, 0.25) is 0 Å². The number of rotatable bonds is 3.